The van der Waals surface area contributed by atoms with Crippen molar-refractivity contribution in [2.24, 2.45) is 0 Å². The molecule has 1 nitrogen and oxygen atoms in total. The molecule has 17 heavy (non-hydrogen) atoms. The number of halogens is 2. The van der Waals surface area contributed by atoms with Crippen molar-refractivity contribution in [2.75, 3.05) is 0 Å². The maximum Gasteiger partial charge on any atom is 0.106 e. The maximum atomic E-state index is 10.2. The van der Waals surface area contributed by atoms with Gasteiger partial charge in [0.05, 0.1) is 0 Å². The van der Waals surface area contributed by atoms with Gasteiger partial charge in [0.25, 0.3) is 0 Å². The molecule has 3 heteroatoms. The molecule has 0 saturated heterocycles. The number of hydrogen-bond donors (Lipinski definition) is 1. The molecule has 0 heterocycles. The van der Waals surface area contributed by atoms with Gasteiger partial charge in [0.15, 0.2) is 0 Å². The van der Waals surface area contributed by atoms with Crippen LogP contribution in [0.3, 0.4) is 0 Å². The lowest BCUT2D eigenvalue weighted by atomic mass is 10.0. The summed E-state index contributed by atoms with van der Waals surface area (Å²) in [6.07, 6.45) is -0.748. The Bertz CT molecular complexity index is 537. The lowest BCUT2D eigenvalue weighted by molar-refractivity contribution is 0.220. The molecule has 0 saturated carbocycles. The molecule has 2 aromatic carbocycles. The summed E-state index contributed by atoms with van der Waals surface area (Å²) in [6, 6.07) is 12.7. The largest absolute Gasteiger partial charge is 0.384 e. The highest BCUT2D eigenvalue weighted by molar-refractivity contribution is 6.31. The van der Waals surface area contributed by atoms with Crippen LogP contribution in [0.25, 0.3) is 0 Å². The molecule has 0 amide bonds. The van der Waals surface area contributed by atoms with E-state index in [-0.39, 0.29) is 0 Å². The van der Waals surface area contributed by atoms with Crippen LogP contribution < -0.4 is 0 Å². The lowest BCUT2D eigenvalue weighted by Gasteiger charge is -2.13. The van der Waals surface area contributed by atoms with Crippen molar-refractivity contribution in [1.29, 1.82) is 0 Å². The van der Waals surface area contributed by atoms with Gasteiger partial charge in [-0.1, -0.05) is 47.5 Å². The Morgan fingerprint density at radius 2 is 1.82 bits per heavy atom. The van der Waals surface area contributed by atoms with Gasteiger partial charge >= 0.3 is 0 Å². The summed E-state index contributed by atoms with van der Waals surface area (Å²) >= 11 is 12.0. The zero-order chi connectivity index (χ0) is 12.4. The number of aryl methyl sites for hydroxylation is 1. The van der Waals surface area contributed by atoms with E-state index in [1.54, 1.807) is 12.1 Å². The third-order valence-electron chi connectivity index (χ3n) is 2.61. The Morgan fingerprint density at radius 3 is 2.47 bits per heavy atom. The Hall–Kier alpha value is -1.02. The average Bonchev–Trinajstić information content (AvgIpc) is 2.28. The van der Waals surface area contributed by atoms with Gasteiger partial charge in [-0.2, -0.15) is 0 Å². The third-order valence-corrected chi connectivity index (χ3v) is 3.18. The fraction of sp³-hybridized carbons (Fsp3) is 0.143. The van der Waals surface area contributed by atoms with Gasteiger partial charge in [0.2, 0.25) is 0 Å². The average molecular weight is 267 g/mol. The lowest BCUT2D eigenvalue weighted by Crippen LogP contribution is -2.00. The van der Waals surface area contributed by atoms with E-state index in [4.69, 9.17) is 23.2 Å². The molecule has 0 aliphatic rings. The first kappa shape index (κ1) is 12.4. The van der Waals surface area contributed by atoms with Crippen LogP contribution >= 0.6 is 23.2 Å². The third kappa shape index (κ3) is 2.81. The SMILES string of the molecule is Cc1ccc(C(O)c2cccc(Cl)c2)c(Cl)c1. The summed E-state index contributed by atoms with van der Waals surface area (Å²) in [7, 11) is 0. The first-order valence-corrected chi connectivity index (χ1v) is 6.03. The predicted molar refractivity (Wildman–Crippen MR) is 71.7 cm³/mol. The molecule has 0 bridgehead atoms. The molecule has 2 rings (SSSR count). The van der Waals surface area contributed by atoms with Gasteiger partial charge < -0.3 is 5.11 Å². The maximum absolute atomic E-state index is 10.2. The van der Waals surface area contributed by atoms with Gasteiger partial charge in [0.1, 0.15) is 6.10 Å². The Balaban J connectivity index is 2.40. The Kier molecular flexibility index (Phi) is 3.72. The molecule has 1 N–H and O–H groups in total. The molecule has 2 aromatic rings. The van der Waals surface area contributed by atoms with Gasteiger partial charge in [0, 0.05) is 15.6 Å². The second-order valence-electron chi connectivity index (χ2n) is 3.98. The fourth-order valence-electron chi connectivity index (χ4n) is 1.71. The summed E-state index contributed by atoms with van der Waals surface area (Å²) in [6.45, 7) is 1.96. The van der Waals surface area contributed by atoms with Crippen LogP contribution in [0.5, 0.6) is 0 Å². The summed E-state index contributed by atoms with van der Waals surface area (Å²) < 4.78 is 0. The number of rotatable bonds is 2. The second-order valence-corrected chi connectivity index (χ2v) is 4.83. The van der Waals surface area contributed by atoms with Crippen LogP contribution in [-0.2, 0) is 0 Å². The predicted octanol–water partition coefficient (Wildman–Crippen LogP) is 4.38. The minimum atomic E-state index is -0.748. The van der Waals surface area contributed by atoms with Crippen LogP contribution in [0, 0.1) is 6.92 Å². The number of aliphatic hydroxyl groups excluding tert-OH is 1. The van der Waals surface area contributed by atoms with E-state index in [0.29, 0.717) is 15.6 Å². The fourth-order valence-corrected chi connectivity index (χ4v) is 2.25. The molecule has 0 aliphatic carbocycles. The molecule has 0 aromatic heterocycles. The van der Waals surface area contributed by atoms with Crippen molar-refractivity contribution in [3.05, 3.63) is 69.2 Å². The summed E-state index contributed by atoms with van der Waals surface area (Å²) in [5.74, 6) is 0. The standard InChI is InChI=1S/C14H12Cl2O/c1-9-5-6-12(13(16)7-9)14(17)10-3-2-4-11(15)8-10/h2-8,14,17H,1H3. The van der Waals surface area contributed by atoms with E-state index in [9.17, 15) is 5.11 Å². The molecule has 0 fully saturated rings. The molecule has 0 spiro atoms. The van der Waals surface area contributed by atoms with Crippen LogP contribution in [0.2, 0.25) is 10.0 Å². The molecule has 88 valence electrons. The Labute approximate surface area is 111 Å². The zero-order valence-corrected chi connectivity index (χ0v) is 10.8. The summed E-state index contributed by atoms with van der Waals surface area (Å²) in [5, 5.41) is 11.4. The molecule has 1 atom stereocenters. The van der Waals surface area contributed by atoms with Gasteiger partial charge in [-0.05, 0) is 36.2 Å². The topological polar surface area (TPSA) is 20.2 Å². The van der Waals surface area contributed by atoms with Crippen molar-refractivity contribution in [3.63, 3.8) is 0 Å². The first-order chi connectivity index (χ1) is 8.08. The molecule has 0 radical (unpaired) electrons. The highest BCUT2D eigenvalue weighted by Crippen LogP contribution is 2.29. The molecular weight excluding hydrogens is 255 g/mol. The molecular formula is C14H12Cl2O. The van der Waals surface area contributed by atoms with Crippen LogP contribution in [-0.4, -0.2) is 5.11 Å². The van der Waals surface area contributed by atoms with Crippen molar-refractivity contribution in [1.82, 2.24) is 0 Å². The smallest absolute Gasteiger partial charge is 0.106 e. The zero-order valence-electron chi connectivity index (χ0n) is 9.32. The number of benzene rings is 2. The van der Waals surface area contributed by atoms with E-state index in [1.165, 1.54) is 0 Å². The van der Waals surface area contributed by atoms with E-state index in [2.05, 4.69) is 0 Å². The van der Waals surface area contributed by atoms with Crippen LogP contribution in [0.15, 0.2) is 42.5 Å². The van der Waals surface area contributed by atoms with Crippen molar-refractivity contribution in [3.8, 4) is 0 Å². The van der Waals surface area contributed by atoms with E-state index in [0.717, 1.165) is 11.1 Å². The monoisotopic (exact) mass is 266 g/mol. The van der Waals surface area contributed by atoms with Crippen molar-refractivity contribution >= 4 is 23.2 Å². The summed E-state index contributed by atoms with van der Waals surface area (Å²) in [5.41, 5.74) is 2.50. The van der Waals surface area contributed by atoms with Crippen molar-refractivity contribution in [2.45, 2.75) is 13.0 Å². The molecule has 1 unspecified atom stereocenters. The van der Waals surface area contributed by atoms with Crippen LogP contribution in [0.4, 0.5) is 0 Å². The number of hydrogen-bond acceptors (Lipinski definition) is 1. The first-order valence-electron chi connectivity index (χ1n) is 5.27. The van der Waals surface area contributed by atoms with Crippen LogP contribution in [0.1, 0.15) is 22.8 Å². The highest BCUT2D eigenvalue weighted by atomic mass is 35.5. The number of aliphatic hydroxyl groups is 1. The normalized spacial score (nSPS) is 12.5. The molecule has 0 aliphatic heterocycles. The van der Waals surface area contributed by atoms with E-state index in [1.807, 2.05) is 37.3 Å². The quantitative estimate of drug-likeness (QED) is 0.855. The van der Waals surface area contributed by atoms with E-state index < -0.39 is 6.10 Å². The van der Waals surface area contributed by atoms with Gasteiger partial charge in [-0.3, -0.25) is 0 Å². The second kappa shape index (κ2) is 5.09. The minimum absolute atomic E-state index is 0.567. The van der Waals surface area contributed by atoms with Crippen molar-refractivity contribution < 1.29 is 5.11 Å². The van der Waals surface area contributed by atoms with E-state index >= 15 is 0 Å². The Morgan fingerprint density at radius 1 is 1.06 bits per heavy atom. The summed E-state index contributed by atoms with van der Waals surface area (Å²) in [4.78, 5) is 0. The van der Waals surface area contributed by atoms with Gasteiger partial charge in [-0.25, -0.2) is 0 Å². The highest BCUT2D eigenvalue weighted by Gasteiger charge is 2.13. The van der Waals surface area contributed by atoms with Gasteiger partial charge in [-0.15, -0.1) is 0 Å². The minimum Gasteiger partial charge on any atom is -0.384 e.